The zero-order chi connectivity index (χ0) is 15.0. The highest BCUT2D eigenvalue weighted by Gasteiger charge is 2.38. The summed E-state index contributed by atoms with van der Waals surface area (Å²) in [6.07, 6.45) is 4.88. The molecule has 0 amide bonds. The van der Waals surface area contributed by atoms with Gasteiger partial charge in [0.05, 0.1) is 0 Å². The molecule has 4 heteroatoms. The minimum absolute atomic E-state index is 0.0449. The number of hydrogen-bond acceptors (Lipinski definition) is 2. The summed E-state index contributed by atoms with van der Waals surface area (Å²) in [7, 11) is 2.21. The molecule has 20 heavy (non-hydrogen) atoms. The predicted octanol–water partition coefficient (Wildman–Crippen LogP) is 3.76. The van der Waals surface area contributed by atoms with Gasteiger partial charge < -0.3 is 0 Å². The predicted molar refractivity (Wildman–Crippen MR) is 79.3 cm³/mol. The van der Waals surface area contributed by atoms with E-state index in [2.05, 4.69) is 37.6 Å². The van der Waals surface area contributed by atoms with E-state index in [0.29, 0.717) is 25.2 Å². The van der Waals surface area contributed by atoms with Crippen molar-refractivity contribution in [2.24, 2.45) is 0 Å². The Morgan fingerprint density at radius 3 is 2.25 bits per heavy atom. The number of piperidine rings is 1. The molecule has 118 valence electrons. The number of likely N-dealkylation sites (tertiary alicyclic amines) is 1. The van der Waals surface area contributed by atoms with Gasteiger partial charge in [0.2, 0.25) is 0 Å². The number of alkyl halides is 2. The topological polar surface area (TPSA) is 6.48 Å². The van der Waals surface area contributed by atoms with Gasteiger partial charge in [-0.2, -0.15) is 0 Å². The zero-order valence-corrected chi connectivity index (χ0v) is 13.5. The fourth-order valence-electron chi connectivity index (χ4n) is 3.59. The fourth-order valence-corrected chi connectivity index (χ4v) is 3.59. The zero-order valence-electron chi connectivity index (χ0n) is 13.5. The van der Waals surface area contributed by atoms with Crippen molar-refractivity contribution in [1.82, 2.24) is 9.80 Å². The summed E-state index contributed by atoms with van der Waals surface area (Å²) in [4.78, 5) is 4.79. The Morgan fingerprint density at radius 2 is 1.70 bits per heavy atom. The molecule has 0 unspecified atom stereocenters. The summed E-state index contributed by atoms with van der Waals surface area (Å²) >= 11 is 0. The van der Waals surface area contributed by atoms with Crippen LogP contribution in [0.3, 0.4) is 0 Å². The standard InChI is InChI=1S/C16H30F2N2/c1-15(2,3)19(4)13-6-5-7-14(12-13)20-10-8-16(17,18)9-11-20/h13-14H,5-12H2,1-4H3/t13-,14-/m0/s1. The summed E-state index contributed by atoms with van der Waals surface area (Å²) in [6, 6.07) is 1.10. The van der Waals surface area contributed by atoms with Crippen LogP contribution in [0.2, 0.25) is 0 Å². The number of rotatable bonds is 2. The quantitative estimate of drug-likeness (QED) is 0.763. The van der Waals surface area contributed by atoms with Crippen LogP contribution in [0.1, 0.15) is 59.3 Å². The smallest absolute Gasteiger partial charge is 0.250 e. The molecule has 1 heterocycles. The average molecular weight is 288 g/mol. The van der Waals surface area contributed by atoms with Gasteiger partial charge in [0, 0.05) is 43.6 Å². The van der Waals surface area contributed by atoms with Crippen LogP contribution in [0.5, 0.6) is 0 Å². The lowest BCUT2D eigenvalue weighted by molar-refractivity contribution is -0.0694. The fraction of sp³-hybridized carbons (Fsp3) is 1.00. The molecule has 1 saturated heterocycles. The van der Waals surface area contributed by atoms with Gasteiger partial charge in [-0.3, -0.25) is 9.80 Å². The largest absolute Gasteiger partial charge is 0.300 e. The van der Waals surface area contributed by atoms with Gasteiger partial charge in [-0.15, -0.1) is 0 Å². The van der Waals surface area contributed by atoms with Crippen molar-refractivity contribution < 1.29 is 8.78 Å². The van der Waals surface area contributed by atoms with Crippen LogP contribution in [0, 0.1) is 0 Å². The number of nitrogens with zero attached hydrogens (tertiary/aromatic N) is 2. The second-order valence-electron chi connectivity index (χ2n) is 7.65. The molecular formula is C16H30F2N2. The molecule has 0 aromatic heterocycles. The molecule has 1 aliphatic heterocycles. The molecule has 0 radical (unpaired) electrons. The second-order valence-corrected chi connectivity index (χ2v) is 7.65. The maximum atomic E-state index is 13.3. The number of halogens is 2. The van der Waals surface area contributed by atoms with Crippen molar-refractivity contribution >= 4 is 0 Å². The van der Waals surface area contributed by atoms with E-state index >= 15 is 0 Å². The van der Waals surface area contributed by atoms with Crippen molar-refractivity contribution in [3.05, 3.63) is 0 Å². The van der Waals surface area contributed by atoms with E-state index in [4.69, 9.17) is 0 Å². The third-order valence-electron chi connectivity index (χ3n) is 5.27. The Hall–Kier alpha value is -0.220. The summed E-state index contributed by atoms with van der Waals surface area (Å²) < 4.78 is 26.5. The second kappa shape index (κ2) is 5.88. The van der Waals surface area contributed by atoms with E-state index in [9.17, 15) is 8.78 Å². The Kier molecular flexibility index (Phi) is 4.75. The van der Waals surface area contributed by atoms with Crippen LogP contribution in [0.4, 0.5) is 8.78 Å². The average Bonchev–Trinajstić information content (AvgIpc) is 2.37. The lowest BCUT2D eigenvalue weighted by atomic mass is 9.86. The lowest BCUT2D eigenvalue weighted by Gasteiger charge is -2.46. The van der Waals surface area contributed by atoms with E-state index in [1.807, 2.05) is 0 Å². The molecule has 1 aliphatic carbocycles. The first kappa shape index (κ1) is 16.2. The molecule has 2 rings (SSSR count). The lowest BCUT2D eigenvalue weighted by Crippen LogP contribution is -2.52. The summed E-state index contributed by atoms with van der Waals surface area (Å²) in [6.45, 7) is 7.89. The van der Waals surface area contributed by atoms with Gasteiger partial charge in [0.1, 0.15) is 0 Å². The Labute approximate surface area is 122 Å². The maximum absolute atomic E-state index is 13.3. The first-order valence-corrected chi connectivity index (χ1v) is 8.04. The highest BCUT2D eigenvalue weighted by molar-refractivity contribution is 4.90. The van der Waals surface area contributed by atoms with Crippen LogP contribution in [-0.4, -0.2) is 53.5 Å². The minimum atomic E-state index is -2.42. The van der Waals surface area contributed by atoms with Crippen LogP contribution in [0.25, 0.3) is 0 Å². The Bertz CT molecular complexity index is 315. The van der Waals surface area contributed by atoms with Crippen LogP contribution < -0.4 is 0 Å². The third kappa shape index (κ3) is 3.91. The van der Waals surface area contributed by atoms with Crippen molar-refractivity contribution in [1.29, 1.82) is 0 Å². The molecule has 0 N–H and O–H groups in total. The van der Waals surface area contributed by atoms with E-state index < -0.39 is 5.92 Å². The van der Waals surface area contributed by atoms with E-state index in [1.165, 1.54) is 19.3 Å². The molecule has 0 spiro atoms. The molecule has 2 nitrogen and oxygen atoms in total. The maximum Gasteiger partial charge on any atom is 0.250 e. The van der Waals surface area contributed by atoms with Gasteiger partial charge in [-0.1, -0.05) is 6.42 Å². The first-order valence-electron chi connectivity index (χ1n) is 8.04. The van der Waals surface area contributed by atoms with Crippen LogP contribution >= 0.6 is 0 Å². The normalized spacial score (nSPS) is 32.5. The van der Waals surface area contributed by atoms with Crippen molar-refractivity contribution in [2.45, 2.75) is 82.8 Å². The monoisotopic (exact) mass is 288 g/mol. The molecule has 2 fully saturated rings. The van der Waals surface area contributed by atoms with E-state index in [1.54, 1.807) is 0 Å². The summed E-state index contributed by atoms with van der Waals surface area (Å²) in [5.74, 6) is -2.42. The van der Waals surface area contributed by atoms with Gasteiger partial charge in [0.25, 0.3) is 5.92 Å². The van der Waals surface area contributed by atoms with Crippen molar-refractivity contribution in [3.8, 4) is 0 Å². The minimum Gasteiger partial charge on any atom is -0.300 e. The highest BCUT2D eigenvalue weighted by Crippen LogP contribution is 2.34. The van der Waals surface area contributed by atoms with E-state index in [0.717, 1.165) is 6.42 Å². The van der Waals surface area contributed by atoms with E-state index in [-0.39, 0.29) is 18.4 Å². The Balaban J connectivity index is 1.91. The molecular weight excluding hydrogens is 258 g/mol. The van der Waals surface area contributed by atoms with Crippen molar-refractivity contribution in [3.63, 3.8) is 0 Å². The van der Waals surface area contributed by atoms with Gasteiger partial charge in [-0.25, -0.2) is 8.78 Å². The van der Waals surface area contributed by atoms with Crippen LogP contribution in [0.15, 0.2) is 0 Å². The first-order chi connectivity index (χ1) is 9.19. The Morgan fingerprint density at radius 1 is 1.10 bits per heavy atom. The molecule has 1 saturated carbocycles. The van der Waals surface area contributed by atoms with Gasteiger partial charge in [-0.05, 0) is 47.1 Å². The third-order valence-corrected chi connectivity index (χ3v) is 5.27. The molecule has 0 bridgehead atoms. The van der Waals surface area contributed by atoms with Gasteiger partial charge in [0.15, 0.2) is 0 Å². The van der Waals surface area contributed by atoms with Crippen molar-refractivity contribution in [2.75, 3.05) is 20.1 Å². The number of hydrogen-bond donors (Lipinski definition) is 0. The molecule has 0 aromatic carbocycles. The summed E-state index contributed by atoms with van der Waals surface area (Å²) in [5, 5.41) is 0. The van der Waals surface area contributed by atoms with Gasteiger partial charge >= 0.3 is 0 Å². The molecule has 2 aliphatic rings. The SMILES string of the molecule is CN([C@H]1CCC[C@H](N2CCC(F)(F)CC2)C1)C(C)(C)C. The molecule has 0 aromatic rings. The highest BCUT2D eigenvalue weighted by atomic mass is 19.3. The molecule has 2 atom stereocenters. The van der Waals surface area contributed by atoms with Crippen LogP contribution in [-0.2, 0) is 0 Å². The summed E-state index contributed by atoms with van der Waals surface area (Å²) in [5.41, 5.74) is 0.182.